The van der Waals surface area contributed by atoms with Gasteiger partial charge in [-0.2, -0.15) is 0 Å². The van der Waals surface area contributed by atoms with Crippen molar-refractivity contribution in [2.24, 2.45) is 0 Å². The Hall–Kier alpha value is -3.35. The van der Waals surface area contributed by atoms with Crippen molar-refractivity contribution in [2.45, 2.75) is 61.4 Å². The van der Waals surface area contributed by atoms with Crippen LogP contribution in [0.1, 0.15) is 0 Å². The molecule has 2 aromatic carbocycles. The van der Waals surface area contributed by atoms with Crippen molar-refractivity contribution in [1.29, 1.82) is 0 Å². The fourth-order valence-electron chi connectivity index (χ4n) is 4.80. The first kappa shape index (κ1) is 30.1. The molecule has 2 aliphatic heterocycles. The second-order valence-electron chi connectivity index (χ2n) is 10.0. The molecule has 42 heavy (non-hydrogen) atoms. The molecule has 2 fully saturated rings. The first-order valence-corrected chi connectivity index (χ1v) is 12.9. The van der Waals surface area contributed by atoms with Crippen LogP contribution in [0, 0.1) is 0 Å². The smallest absolute Gasteiger partial charge is 0.229 e. The molecular formula is C27H30O15. The van der Waals surface area contributed by atoms with E-state index in [1.54, 1.807) is 0 Å². The molecule has 10 atom stereocenters. The highest BCUT2D eigenvalue weighted by Gasteiger charge is 2.48. The van der Waals surface area contributed by atoms with Gasteiger partial charge >= 0.3 is 0 Å². The number of phenolic OH excluding ortho intramolecular Hbond substituents is 2. The summed E-state index contributed by atoms with van der Waals surface area (Å²) in [5, 5.41) is 90.6. The van der Waals surface area contributed by atoms with Gasteiger partial charge in [-0.1, -0.05) is 12.1 Å². The van der Waals surface area contributed by atoms with Gasteiger partial charge in [0.2, 0.25) is 11.7 Å². The molecule has 0 amide bonds. The molecule has 0 unspecified atom stereocenters. The Labute approximate surface area is 236 Å². The van der Waals surface area contributed by atoms with Crippen LogP contribution in [-0.2, 0) is 14.2 Å². The number of rotatable bonds is 7. The van der Waals surface area contributed by atoms with Crippen molar-refractivity contribution < 1.29 is 69.3 Å². The number of aromatic hydroxyl groups is 2. The highest BCUT2D eigenvalue weighted by molar-refractivity contribution is 5.88. The topological polar surface area (TPSA) is 249 Å². The van der Waals surface area contributed by atoms with Gasteiger partial charge < -0.3 is 69.3 Å². The molecular weight excluding hydrogens is 564 g/mol. The van der Waals surface area contributed by atoms with E-state index in [0.29, 0.717) is 5.56 Å². The summed E-state index contributed by atoms with van der Waals surface area (Å²) in [7, 11) is 0. The van der Waals surface area contributed by atoms with E-state index in [9.17, 15) is 50.8 Å². The van der Waals surface area contributed by atoms with E-state index < -0.39 is 85.8 Å². The molecule has 15 heteroatoms. The fraction of sp³-hybridized carbons (Fsp3) is 0.444. The van der Waals surface area contributed by atoms with Gasteiger partial charge in [-0.25, -0.2) is 0 Å². The Morgan fingerprint density at radius 3 is 2.05 bits per heavy atom. The number of aliphatic hydroxyl groups excluding tert-OH is 7. The maximum absolute atomic E-state index is 13.1. The van der Waals surface area contributed by atoms with Crippen LogP contribution in [0.4, 0.5) is 0 Å². The average molecular weight is 595 g/mol. The minimum absolute atomic E-state index is 0.000932. The number of benzene rings is 2. The third-order valence-electron chi connectivity index (χ3n) is 7.20. The minimum Gasteiger partial charge on any atom is -0.508 e. The second kappa shape index (κ2) is 12.1. The van der Waals surface area contributed by atoms with Gasteiger partial charge in [0.25, 0.3) is 0 Å². The molecule has 0 aliphatic carbocycles. The summed E-state index contributed by atoms with van der Waals surface area (Å²) in [6, 6.07) is 8.08. The highest BCUT2D eigenvalue weighted by atomic mass is 16.7. The molecule has 15 nitrogen and oxygen atoms in total. The van der Waals surface area contributed by atoms with Gasteiger partial charge in [0.15, 0.2) is 6.29 Å². The van der Waals surface area contributed by atoms with Crippen LogP contribution in [0.2, 0.25) is 0 Å². The summed E-state index contributed by atoms with van der Waals surface area (Å²) in [4.78, 5) is 13.1. The fourth-order valence-corrected chi connectivity index (χ4v) is 4.80. The molecule has 2 saturated heterocycles. The molecule has 2 aliphatic rings. The summed E-state index contributed by atoms with van der Waals surface area (Å²) >= 11 is 0. The number of aliphatic hydroxyl groups is 7. The maximum Gasteiger partial charge on any atom is 0.229 e. The van der Waals surface area contributed by atoms with Crippen molar-refractivity contribution in [3.63, 3.8) is 0 Å². The zero-order valence-electron chi connectivity index (χ0n) is 21.7. The average Bonchev–Trinajstić information content (AvgIpc) is 2.97. The summed E-state index contributed by atoms with van der Waals surface area (Å²) in [6.07, 6.45) is -15.0. The van der Waals surface area contributed by atoms with E-state index in [2.05, 4.69) is 0 Å². The second-order valence-corrected chi connectivity index (χ2v) is 10.0. The lowest BCUT2D eigenvalue weighted by Crippen LogP contribution is -2.62. The molecule has 0 bridgehead atoms. The Bertz CT molecular complexity index is 1440. The lowest BCUT2D eigenvalue weighted by molar-refractivity contribution is -0.323. The van der Waals surface area contributed by atoms with E-state index in [1.807, 2.05) is 0 Å². The summed E-state index contributed by atoms with van der Waals surface area (Å²) < 4.78 is 27.4. The monoisotopic (exact) mass is 594 g/mol. The zero-order valence-corrected chi connectivity index (χ0v) is 21.7. The van der Waals surface area contributed by atoms with Crippen LogP contribution >= 0.6 is 0 Å². The maximum atomic E-state index is 13.1. The Morgan fingerprint density at radius 1 is 0.762 bits per heavy atom. The third-order valence-corrected chi connectivity index (χ3v) is 7.20. The number of ether oxygens (including phenoxy) is 4. The van der Waals surface area contributed by atoms with Crippen molar-refractivity contribution in [1.82, 2.24) is 0 Å². The third kappa shape index (κ3) is 5.67. The molecule has 5 rings (SSSR count). The Balaban J connectivity index is 1.32. The van der Waals surface area contributed by atoms with Crippen molar-refractivity contribution >= 4 is 11.0 Å². The first-order valence-electron chi connectivity index (χ1n) is 12.9. The van der Waals surface area contributed by atoms with Crippen molar-refractivity contribution in [3.8, 4) is 28.4 Å². The van der Waals surface area contributed by atoms with E-state index in [1.165, 1.54) is 36.6 Å². The van der Waals surface area contributed by atoms with Gasteiger partial charge in [0, 0.05) is 12.1 Å². The van der Waals surface area contributed by atoms with Crippen LogP contribution in [0.5, 0.6) is 17.2 Å². The SMILES string of the molecule is O=c1c(-c2ccc(O)cc2)coc2cc(O[C@@H]3O[C@H](CO[C@@H]4O[C@H](CO)[C@@H](O)[C@H](O)[C@H]4O)[C@@H](O)[C@H](O)[C@H]3O)cc(O)c12. The number of fused-ring (bicyclic) bond motifs is 1. The van der Waals surface area contributed by atoms with Crippen molar-refractivity contribution in [3.05, 3.63) is 52.9 Å². The summed E-state index contributed by atoms with van der Waals surface area (Å²) in [5.74, 6) is -0.659. The quantitative estimate of drug-likeness (QED) is 0.142. The van der Waals surface area contributed by atoms with Crippen LogP contribution in [-0.4, -0.2) is 121 Å². The number of phenols is 2. The van der Waals surface area contributed by atoms with E-state index in [-0.39, 0.29) is 28.0 Å². The lowest BCUT2D eigenvalue weighted by Gasteiger charge is -2.42. The normalized spacial score (nSPS) is 33.5. The minimum atomic E-state index is -1.80. The van der Waals surface area contributed by atoms with Gasteiger partial charge in [0.05, 0.1) is 18.8 Å². The highest BCUT2D eigenvalue weighted by Crippen LogP contribution is 2.33. The van der Waals surface area contributed by atoms with Gasteiger partial charge in [0.1, 0.15) is 83.3 Å². The largest absolute Gasteiger partial charge is 0.508 e. The molecule has 3 heterocycles. The zero-order chi connectivity index (χ0) is 30.3. The Kier molecular flexibility index (Phi) is 8.68. The molecule has 3 aromatic rings. The van der Waals surface area contributed by atoms with Crippen LogP contribution in [0.25, 0.3) is 22.1 Å². The predicted octanol–water partition coefficient (Wildman–Crippen LogP) is -2.13. The van der Waals surface area contributed by atoms with Crippen molar-refractivity contribution in [2.75, 3.05) is 13.2 Å². The number of hydrogen-bond donors (Lipinski definition) is 9. The van der Waals surface area contributed by atoms with Gasteiger partial charge in [-0.05, 0) is 17.7 Å². The molecule has 9 N–H and O–H groups in total. The first-order chi connectivity index (χ1) is 20.0. The van der Waals surface area contributed by atoms with Gasteiger partial charge in [-0.3, -0.25) is 4.79 Å². The van der Waals surface area contributed by atoms with Gasteiger partial charge in [-0.15, -0.1) is 0 Å². The molecule has 228 valence electrons. The molecule has 0 saturated carbocycles. The predicted molar refractivity (Wildman–Crippen MR) is 138 cm³/mol. The summed E-state index contributed by atoms with van der Waals surface area (Å²) in [6.45, 7) is -1.25. The lowest BCUT2D eigenvalue weighted by atomic mass is 9.98. The van der Waals surface area contributed by atoms with Crippen LogP contribution in [0.3, 0.4) is 0 Å². The molecule has 1 aromatic heterocycles. The molecule has 0 radical (unpaired) electrons. The molecule has 0 spiro atoms. The number of hydrogen-bond acceptors (Lipinski definition) is 15. The van der Waals surface area contributed by atoms with E-state index in [4.69, 9.17) is 23.4 Å². The van der Waals surface area contributed by atoms with E-state index >= 15 is 0 Å². The summed E-state index contributed by atoms with van der Waals surface area (Å²) in [5.41, 5.74) is -0.0851. The van der Waals surface area contributed by atoms with E-state index in [0.717, 1.165) is 6.07 Å². The van der Waals surface area contributed by atoms with Crippen LogP contribution in [0.15, 0.2) is 51.9 Å². The van der Waals surface area contributed by atoms with Crippen LogP contribution < -0.4 is 10.2 Å². The Morgan fingerprint density at radius 2 is 1.38 bits per heavy atom. The standard InChI is InChI=1S/C27H30O15/c28-7-16-20(32)22(34)24(36)26(41-16)39-9-17-21(33)23(35)25(37)27(42-17)40-12-5-14(30)18-15(6-12)38-8-13(19(18)31)10-1-3-11(29)4-2-10/h1-6,8,16-17,20-30,32-37H,7,9H2/t16-,17-,20-,21-,22+,23+,24-,25-,26-,27-/m1/s1.